The van der Waals surface area contributed by atoms with Crippen LogP contribution in [-0.4, -0.2) is 99.6 Å². The number of amides is 1. The van der Waals surface area contributed by atoms with Crippen LogP contribution in [0.1, 0.15) is 348 Å². The highest BCUT2D eigenvalue weighted by molar-refractivity contribution is 5.80. The maximum atomic E-state index is 13.5. The van der Waals surface area contributed by atoms with Gasteiger partial charge in [-0.25, -0.2) is 0 Å². The van der Waals surface area contributed by atoms with E-state index >= 15 is 0 Å². The van der Waals surface area contributed by atoms with E-state index in [9.17, 15) is 35.1 Å². The number of aliphatic hydroxyl groups excluding tert-OH is 5. The Labute approximate surface area is 547 Å². The van der Waals surface area contributed by atoms with Crippen molar-refractivity contribution in [3.05, 3.63) is 72.9 Å². The van der Waals surface area contributed by atoms with Crippen molar-refractivity contribution < 1.29 is 49.3 Å². The Bertz CT molecular complexity index is 1730. The lowest BCUT2D eigenvalue weighted by atomic mass is 9.99. The molecule has 0 aromatic carbocycles. The smallest absolute Gasteiger partial charge is 0.306 e. The Balaban J connectivity index is 2.56. The molecule has 6 N–H and O–H groups in total. The van der Waals surface area contributed by atoms with Gasteiger partial charge in [0.05, 0.1) is 25.4 Å². The van der Waals surface area contributed by atoms with Crippen LogP contribution >= 0.6 is 0 Å². The summed E-state index contributed by atoms with van der Waals surface area (Å²) in [6.45, 7) is 5.73. The normalized spacial score (nSPS) is 18.5. The third-order valence-electron chi connectivity index (χ3n) is 17.6. The van der Waals surface area contributed by atoms with Crippen molar-refractivity contribution in [2.75, 3.05) is 13.2 Å². The zero-order chi connectivity index (χ0) is 64.6. The monoisotopic (exact) mass is 1250 g/mol. The van der Waals surface area contributed by atoms with Crippen molar-refractivity contribution in [1.29, 1.82) is 0 Å². The van der Waals surface area contributed by atoms with E-state index in [-0.39, 0.29) is 13.0 Å². The summed E-state index contributed by atoms with van der Waals surface area (Å²) < 4.78 is 17.7. The van der Waals surface area contributed by atoms with E-state index in [0.717, 1.165) is 103 Å². The molecule has 1 heterocycles. The number of hydrogen-bond donors (Lipinski definition) is 6. The molecule has 11 nitrogen and oxygen atoms in total. The third-order valence-corrected chi connectivity index (χ3v) is 17.6. The second-order valence-electron chi connectivity index (χ2n) is 26.0. The van der Waals surface area contributed by atoms with E-state index in [4.69, 9.17) is 14.2 Å². The molecule has 11 heteroatoms. The van der Waals surface area contributed by atoms with Crippen LogP contribution in [0.3, 0.4) is 0 Å². The molecule has 1 fully saturated rings. The molecule has 0 spiro atoms. The fourth-order valence-corrected chi connectivity index (χ4v) is 11.7. The molecule has 1 aliphatic rings. The van der Waals surface area contributed by atoms with Crippen LogP contribution in [0.4, 0.5) is 0 Å². The summed E-state index contributed by atoms with van der Waals surface area (Å²) in [5.74, 6) is -1.19. The van der Waals surface area contributed by atoms with Crippen molar-refractivity contribution in [3.63, 3.8) is 0 Å². The third kappa shape index (κ3) is 52.2. The van der Waals surface area contributed by atoms with Crippen LogP contribution in [0.5, 0.6) is 0 Å². The number of esters is 1. The lowest BCUT2D eigenvalue weighted by Crippen LogP contribution is -2.61. The molecule has 89 heavy (non-hydrogen) atoms. The van der Waals surface area contributed by atoms with Gasteiger partial charge in [0.15, 0.2) is 12.4 Å². The van der Waals surface area contributed by atoms with E-state index in [1.807, 2.05) is 6.08 Å². The van der Waals surface area contributed by atoms with Crippen LogP contribution < -0.4 is 5.32 Å². The molecule has 1 rings (SSSR count). The van der Waals surface area contributed by atoms with Gasteiger partial charge in [-0.05, 0) is 70.6 Å². The van der Waals surface area contributed by atoms with E-state index in [0.29, 0.717) is 19.3 Å². The predicted molar refractivity (Wildman–Crippen MR) is 375 cm³/mol. The van der Waals surface area contributed by atoms with Crippen LogP contribution in [-0.2, 0) is 23.8 Å². The average molecular weight is 1250 g/mol. The summed E-state index contributed by atoms with van der Waals surface area (Å²) in [4.78, 5) is 26.7. The van der Waals surface area contributed by atoms with Gasteiger partial charge in [0.2, 0.25) is 5.91 Å². The van der Waals surface area contributed by atoms with Gasteiger partial charge in [0.1, 0.15) is 24.4 Å². The van der Waals surface area contributed by atoms with Gasteiger partial charge in [-0.2, -0.15) is 0 Å². The molecule has 518 valence electrons. The molecule has 1 amide bonds. The quantitative estimate of drug-likeness (QED) is 0.0195. The number of ether oxygens (including phenoxy) is 3. The van der Waals surface area contributed by atoms with Crippen molar-refractivity contribution in [3.8, 4) is 0 Å². The number of nitrogens with one attached hydrogen (secondary N) is 1. The molecule has 0 aliphatic carbocycles. The first-order chi connectivity index (χ1) is 43.7. The minimum Gasteiger partial charge on any atom is -0.454 e. The van der Waals surface area contributed by atoms with Crippen LogP contribution in [0.25, 0.3) is 0 Å². The number of rotatable bonds is 65. The van der Waals surface area contributed by atoms with Crippen molar-refractivity contribution in [1.82, 2.24) is 5.32 Å². The maximum Gasteiger partial charge on any atom is 0.306 e. The van der Waals surface area contributed by atoms with Gasteiger partial charge >= 0.3 is 5.97 Å². The largest absolute Gasteiger partial charge is 0.454 e. The molecule has 0 aromatic rings. The first-order valence-corrected chi connectivity index (χ1v) is 37.7. The summed E-state index contributed by atoms with van der Waals surface area (Å²) in [5.41, 5.74) is 0. The molecule has 0 aromatic heterocycles. The second kappa shape index (κ2) is 65.2. The number of hydrogen-bond acceptors (Lipinski definition) is 10. The van der Waals surface area contributed by atoms with Gasteiger partial charge < -0.3 is 45.1 Å². The zero-order valence-corrected chi connectivity index (χ0v) is 57.8. The lowest BCUT2D eigenvalue weighted by Gasteiger charge is -2.41. The molecular formula is C78H141NO10. The van der Waals surface area contributed by atoms with Crippen molar-refractivity contribution in [2.45, 2.75) is 397 Å². The fourth-order valence-electron chi connectivity index (χ4n) is 11.7. The molecule has 1 aliphatic heterocycles. The van der Waals surface area contributed by atoms with E-state index in [1.165, 1.54) is 199 Å². The SMILES string of the molecule is CC/C=C\C/C=C\C/C=C\C/C=C\C/C=C\CCCCCCCCCCCC(=O)OC1C(OCC(NC(=O)C(O)CCCCCCCCCCCCCCCCCCCCCCCC)C(O)/C=C/CCCCCCCCCCCCC)OC(CO)C(O)C1O. The van der Waals surface area contributed by atoms with Crippen LogP contribution in [0.15, 0.2) is 72.9 Å². The number of carbonyl (C=O) groups excluding carboxylic acids is 2. The molecule has 0 radical (unpaired) electrons. The van der Waals surface area contributed by atoms with Gasteiger partial charge in [-0.1, -0.05) is 344 Å². The zero-order valence-electron chi connectivity index (χ0n) is 57.8. The topological polar surface area (TPSA) is 175 Å². The van der Waals surface area contributed by atoms with Crippen LogP contribution in [0.2, 0.25) is 0 Å². The Morgan fingerprint density at radius 3 is 1.21 bits per heavy atom. The minimum absolute atomic E-state index is 0.115. The molecule has 0 saturated carbocycles. The van der Waals surface area contributed by atoms with Gasteiger partial charge in [-0.3, -0.25) is 9.59 Å². The number of allylic oxidation sites excluding steroid dienone is 11. The minimum atomic E-state index is -1.62. The lowest BCUT2D eigenvalue weighted by molar-refractivity contribution is -0.305. The van der Waals surface area contributed by atoms with Gasteiger partial charge in [0, 0.05) is 6.42 Å². The molecule has 1 saturated heterocycles. The highest BCUT2D eigenvalue weighted by atomic mass is 16.7. The van der Waals surface area contributed by atoms with E-state index in [2.05, 4.69) is 86.8 Å². The van der Waals surface area contributed by atoms with Gasteiger partial charge in [0.25, 0.3) is 0 Å². The highest BCUT2D eigenvalue weighted by Crippen LogP contribution is 2.26. The van der Waals surface area contributed by atoms with Crippen molar-refractivity contribution >= 4 is 11.9 Å². The molecule has 8 unspecified atom stereocenters. The summed E-state index contributed by atoms with van der Waals surface area (Å²) in [5, 5.41) is 57.4. The van der Waals surface area contributed by atoms with Crippen molar-refractivity contribution in [2.24, 2.45) is 0 Å². The standard InChI is InChI=1S/C78H141NO10/c1-4-7-10-13-16-19-22-25-27-29-31-33-35-36-37-39-41-43-45-48-51-54-57-60-63-66-73(83)89-76-75(85)74(84)72(67-80)88-78(76)87-68-69(70(81)64-61-58-55-52-49-46-24-21-18-15-12-9-6-3)79-77(86)71(82)65-62-59-56-53-50-47-44-42-40-38-34-32-30-28-26-23-20-17-14-11-8-5-2/h7,10,16,19,25,27,31,33,36-37,61,64,69-72,74-76,78,80-82,84-85H,4-6,8-9,11-15,17-18,20-24,26,28-30,32,34-35,38-60,62-63,65-68H2,1-3H3,(H,79,86)/b10-7-,19-16-,27-25-,33-31-,37-36-,64-61+. The maximum absolute atomic E-state index is 13.5. The summed E-state index contributed by atoms with van der Waals surface area (Å²) >= 11 is 0. The molecule has 8 atom stereocenters. The number of carbonyl (C=O) groups is 2. The Hall–Kier alpha value is -2.90. The summed E-state index contributed by atoms with van der Waals surface area (Å²) in [6.07, 6.45) is 75.1. The van der Waals surface area contributed by atoms with Crippen LogP contribution in [0, 0.1) is 0 Å². The highest BCUT2D eigenvalue weighted by Gasteiger charge is 2.47. The number of aliphatic hydroxyl groups is 5. The first-order valence-electron chi connectivity index (χ1n) is 37.7. The number of unbranched alkanes of at least 4 members (excludes halogenated alkanes) is 41. The van der Waals surface area contributed by atoms with E-state index in [1.54, 1.807) is 6.08 Å². The predicted octanol–water partition coefficient (Wildman–Crippen LogP) is 19.9. The Morgan fingerprint density at radius 1 is 0.449 bits per heavy atom. The fraction of sp³-hybridized carbons (Fsp3) is 0.821. The summed E-state index contributed by atoms with van der Waals surface area (Å²) in [7, 11) is 0. The average Bonchev–Trinajstić information content (AvgIpc) is 1.80. The second-order valence-corrected chi connectivity index (χ2v) is 26.0. The van der Waals surface area contributed by atoms with E-state index < -0.39 is 67.4 Å². The molecule has 0 bridgehead atoms. The Kier molecular flexibility index (Phi) is 61.6. The summed E-state index contributed by atoms with van der Waals surface area (Å²) in [6, 6.07) is -1.03. The molecular weight excluding hydrogens is 1110 g/mol. The first kappa shape index (κ1) is 84.1. The van der Waals surface area contributed by atoms with Gasteiger partial charge in [-0.15, -0.1) is 0 Å². The Morgan fingerprint density at radius 2 is 0.809 bits per heavy atom.